The minimum atomic E-state index is -0.704. The number of halogens is 1. The van der Waals surface area contributed by atoms with Gasteiger partial charge in [0.25, 0.3) is 5.91 Å². The smallest absolute Gasteiger partial charge is 0.407 e. The largest absolute Gasteiger partial charge is 0.481 e. The van der Waals surface area contributed by atoms with E-state index in [1.165, 1.54) is 7.11 Å². The molecule has 9 nitrogen and oxygen atoms in total. The van der Waals surface area contributed by atoms with Crippen LogP contribution in [-0.4, -0.2) is 78.6 Å². The number of piperidine rings is 1. The molecular weight excluding hydrogens is 496 g/mol. The van der Waals surface area contributed by atoms with Crippen LogP contribution in [0.5, 0.6) is 5.88 Å². The maximum Gasteiger partial charge on any atom is 0.407 e. The summed E-state index contributed by atoms with van der Waals surface area (Å²) in [6.07, 6.45) is 2.26. The maximum absolute atomic E-state index is 13.5. The van der Waals surface area contributed by atoms with E-state index in [2.05, 4.69) is 10.3 Å². The number of benzene rings is 1. The van der Waals surface area contributed by atoms with E-state index in [0.29, 0.717) is 44.0 Å². The highest BCUT2D eigenvalue weighted by atomic mass is 35.5. The van der Waals surface area contributed by atoms with Crippen LogP contribution >= 0.6 is 11.6 Å². The zero-order chi connectivity index (χ0) is 26.4. The van der Waals surface area contributed by atoms with Crippen molar-refractivity contribution in [3.05, 3.63) is 58.7 Å². The highest BCUT2D eigenvalue weighted by molar-refractivity contribution is 6.29. The van der Waals surface area contributed by atoms with Crippen LogP contribution in [0.1, 0.15) is 42.1 Å². The quantitative estimate of drug-likeness (QED) is 0.551. The van der Waals surface area contributed by atoms with Crippen LogP contribution < -0.4 is 10.1 Å². The summed E-state index contributed by atoms with van der Waals surface area (Å²) in [6.45, 7) is 4.39. The predicted molar refractivity (Wildman–Crippen MR) is 139 cm³/mol. The Labute approximate surface area is 222 Å². The van der Waals surface area contributed by atoms with Gasteiger partial charge in [-0.3, -0.25) is 9.59 Å². The molecule has 2 saturated heterocycles. The zero-order valence-electron chi connectivity index (χ0n) is 21.2. The van der Waals surface area contributed by atoms with E-state index in [-0.39, 0.29) is 29.0 Å². The number of methoxy groups -OCH3 is 1. The van der Waals surface area contributed by atoms with Crippen LogP contribution in [0.4, 0.5) is 4.79 Å². The van der Waals surface area contributed by atoms with Gasteiger partial charge in [-0.25, -0.2) is 9.78 Å². The topological polar surface area (TPSA) is 101 Å². The van der Waals surface area contributed by atoms with Crippen LogP contribution in [0.25, 0.3) is 0 Å². The maximum atomic E-state index is 13.5. The Hall–Kier alpha value is -3.33. The number of carbonyl (C=O) groups is 3. The summed E-state index contributed by atoms with van der Waals surface area (Å²) in [6, 6.07) is 12.1. The SMILES string of the molecule is CCOC(=O)N[C@@H](Cc1ccccc1)C(=O)N1CCC2(CCN(C(=O)c3cc(Cl)nc(OC)c3)CC2)C1. The highest BCUT2D eigenvalue weighted by Crippen LogP contribution is 2.41. The molecule has 1 spiro atoms. The van der Waals surface area contributed by atoms with Crippen LogP contribution in [-0.2, 0) is 16.0 Å². The molecule has 3 heterocycles. The molecule has 0 bridgehead atoms. The first-order valence-electron chi connectivity index (χ1n) is 12.6. The van der Waals surface area contributed by atoms with Crippen molar-refractivity contribution in [2.75, 3.05) is 39.9 Å². The Balaban J connectivity index is 1.38. The first kappa shape index (κ1) is 26.7. The lowest BCUT2D eigenvalue weighted by Gasteiger charge is -2.39. The zero-order valence-corrected chi connectivity index (χ0v) is 22.0. The van der Waals surface area contributed by atoms with E-state index in [1.54, 1.807) is 19.1 Å². The summed E-state index contributed by atoms with van der Waals surface area (Å²) < 4.78 is 10.2. The van der Waals surface area contributed by atoms with E-state index in [9.17, 15) is 14.4 Å². The molecule has 10 heteroatoms. The lowest BCUT2D eigenvalue weighted by atomic mass is 9.77. The second-order valence-corrected chi connectivity index (χ2v) is 10.0. The van der Waals surface area contributed by atoms with Gasteiger partial charge in [0.1, 0.15) is 11.2 Å². The molecule has 1 atom stereocenters. The minimum absolute atomic E-state index is 0.0404. The van der Waals surface area contributed by atoms with Crippen LogP contribution in [0.2, 0.25) is 5.15 Å². The molecular formula is C27H33ClN4O5. The lowest BCUT2D eigenvalue weighted by Crippen LogP contribution is -2.50. The van der Waals surface area contributed by atoms with Gasteiger partial charge in [-0.2, -0.15) is 0 Å². The molecule has 0 unspecified atom stereocenters. The van der Waals surface area contributed by atoms with Crippen LogP contribution in [0.3, 0.4) is 0 Å². The molecule has 1 aromatic carbocycles. The summed E-state index contributed by atoms with van der Waals surface area (Å²) >= 11 is 6.05. The molecule has 0 saturated carbocycles. The van der Waals surface area contributed by atoms with E-state index < -0.39 is 12.1 Å². The van der Waals surface area contributed by atoms with E-state index in [0.717, 1.165) is 24.8 Å². The molecule has 2 aromatic rings. The second kappa shape index (κ2) is 11.8. The third kappa shape index (κ3) is 6.52. The highest BCUT2D eigenvalue weighted by Gasteiger charge is 2.44. The van der Waals surface area contributed by atoms with Crippen molar-refractivity contribution in [2.24, 2.45) is 5.41 Å². The molecule has 3 amide bonds. The standard InChI is InChI=1S/C27H33ClN4O5/c1-3-37-26(35)29-21(15-19-7-5-4-6-8-19)25(34)32-14-11-27(18-32)9-12-31(13-10-27)24(33)20-16-22(28)30-23(17-20)36-2/h4-8,16-17,21H,3,9-15,18H2,1-2H3,(H,29,35)/t21-/m0/s1. The summed E-state index contributed by atoms with van der Waals surface area (Å²) in [7, 11) is 1.48. The van der Waals surface area contributed by atoms with Gasteiger partial charge in [0, 0.05) is 44.2 Å². The Morgan fingerprint density at radius 1 is 1.08 bits per heavy atom. The van der Waals surface area contributed by atoms with Crippen molar-refractivity contribution >= 4 is 29.5 Å². The Kier molecular flexibility index (Phi) is 8.53. The number of alkyl carbamates (subject to hydrolysis) is 1. The Morgan fingerprint density at radius 3 is 2.41 bits per heavy atom. The van der Waals surface area contributed by atoms with E-state index in [4.69, 9.17) is 21.1 Å². The number of nitrogens with zero attached hydrogens (tertiary/aromatic N) is 3. The third-order valence-electron chi connectivity index (χ3n) is 7.24. The van der Waals surface area contributed by atoms with Crippen LogP contribution in [0.15, 0.2) is 42.5 Å². The van der Waals surface area contributed by atoms with Gasteiger partial charge in [-0.15, -0.1) is 0 Å². The van der Waals surface area contributed by atoms with Crippen molar-refractivity contribution in [3.8, 4) is 5.88 Å². The molecule has 4 rings (SSSR count). The normalized spacial score (nSPS) is 17.4. The number of carbonyl (C=O) groups excluding carboxylic acids is 3. The average molecular weight is 529 g/mol. The number of likely N-dealkylation sites (tertiary alicyclic amines) is 2. The fourth-order valence-corrected chi connectivity index (χ4v) is 5.39. The number of hydrogen-bond acceptors (Lipinski definition) is 6. The van der Waals surface area contributed by atoms with Crippen LogP contribution in [0, 0.1) is 5.41 Å². The van der Waals surface area contributed by atoms with Crippen molar-refractivity contribution in [1.29, 1.82) is 0 Å². The number of rotatable bonds is 7. The van der Waals surface area contributed by atoms with Gasteiger partial charge in [0.05, 0.1) is 13.7 Å². The summed E-state index contributed by atoms with van der Waals surface area (Å²) in [5, 5.41) is 2.97. The van der Waals surface area contributed by atoms with Crippen molar-refractivity contribution in [2.45, 2.75) is 38.6 Å². The summed E-state index contributed by atoms with van der Waals surface area (Å²) in [5.74, 6) is 0.0894. The Bertz CT molecular complexity index is 1120. The molecule has 2 aliphatic heterocycles. The van der Waals surface area contributed by atoms with Crippen molar-refractivity contribution in [1.82, 2.24) is 20.1 Å². The predicted octanol–water partition coefficient (Wildman–Crippen LogP) is 3.56. The average Bonchev–Trinajstić information content (AvgIpc) is 3.31. The van der Waals surface area contributed by atoms with Crippen molar-refractivity contribution in [3.63, 3.8) is 0 Å². The Morgan fingerprint density at radius 2 is 1.76 bits per heavy atom. The number of pyridine rings is 1. The molecule has 37 heavy (non-hydrogen) atoms. The second-order valence-electron chi connectivity index (χ2n) is 9.63. The molecule has 1 aromatic heterocycles. The number of ether oxygens (including phenoxy) is 2. The molecule has 1 N–H and O–H groups in total. The van der Waals surface area contributed by atoms with Gasteiger partial charge in [0.2, 0.25) is 11.8 Å². The minimum Gasteiger partial charge on any atom is -0.481 e. The van der Waals surface area contributed by atoms with Gasteiger partial charge in [-0.1, -0.05) is 41.9 Å². The molecule has 198 valence electrons. The number of nitrogens with one attached hydrogen (secondary N) is 1. The number of amides is 3. The molecule has 0 aliphatic carbocycles. The molecule has 2 aliphatic rings. The summed E-state index contributed by atoms with van der Waals surface area (Å²) in [4.78, 5) is 46.5. The van der Waals surface area contributed by atoms with Gasteiger partial charge in [-0.05, 0) is 43.2 Å². The van der Waals surface area contributed by atoms with Crippen molar-refractivity contribution < 1.29 is 23.9 Å². The molecule has 2 fully saturated rings. The first-order chi connectivity index (χ1) is 17.8. The lowest BCUT2D eigenvalue weighted by molar-refractivity contribution is -0.132. The van der Waals surface area contributed by atoms with E-state index >= 15 is 0 Å². The number of hydrogen-bond donors (Lipinski definition) is 1. The van der Waals surface area contributed by atoms with E-state index in [1.807, 2.05) is 40.1 Å². The molecule has 0 radical (unpaired) electrons. The fraction of sp³-hybridized carbons (Fsp3) is 0.481. The van der Waals surface area contributed by atoms with Gasteiger partial charge >= 0.3 is 6.09 Å². The third-order valence-corrected chi connectivity index (χ3v) is 7.43. The van der Waals surface area contributed by atoms with Gasteiger partial charge < -0.3 is 24.6 Å². The van der Waals surface area contributed by atoms with Gasteiger partial charge in [0.15, 0.2) is 0 Å². The summed E-state index contributed by atoms with van der Waals surface area (Å²) in [5.41, 5.74) is 1.37. The monoisotopic (exact) mass is 528 g/mol. The number of aromatic nitrogens is 1. The fourth-order valence-electron chi connectivity index (χ4n) is 5.18. The first-order valence-corrected chi connectivity index (χ1v) is 13.0.